The summed E-state index contributed by atoms with van der Waals surface area (Å²) in [5.41, 5.74) is 1.56. The van der Waals surface area contributed by atoms with Crippen molar-refractivity contribution in [1.29, 1.82) is 0 Å². The van der Waals surface area contributed by atoms with E-state index in [1.54, 1.807) is 18.2 Å². The second kappa shape index (κ2) is 5.61. The van der Waals surface area contributed by atoms with Gasteiger partial charge in [0.2, 0.25) is 0 Å². The van der Waals surface area contributed by atoms with Crippen LogP contribution in [-0.4, -0.2) is 5.91 Å². The van der Waals surface area contributed by atoms with E-state index >= 15 is 0 Å². The maximum Gasteiger partial charge on any atom is 0.267 e. The number of hydrogen-bond donors (Lipinski definition) is 1. The van der Waals surface area contributed by atoms with E-state index in [0.29, 0.717) is 20.6 Å². The quantitative estimate of drug-likeness (QED) is 0.761. The number of amides is 1. The summed E-state index contributed by atoms with van der Waals surface area (Å²) in [6.45, 7) is 1.87. The van der Waals surface area contributed by atoms with Gasteiger partial charge in [0.25, 0.3) is 5.91 Å². The topological polar surface area (TPSA) is 29.1 Å². The molecule has 0 fully saturated rings. The molecule has 0 aliphatic heterocycles. The number of carbonyl (C=O) groups excluding carboxylic acids is 1. The van der Waals surface area contributed by atoms with Crippen LogP contribution in [0.25, 0.3) is 0 Å². The van der Waals surface area contributed by atoms with Crippen LogP contribution >= 0.6 is 50.5 Å². The summed E-state index contributed by atoms with van der Waals surface area (Å²) in [6.07, 6.45) is 0. The first-order valence-electron chi connectivity index (χ1n) is 4.99. The highest BCUT2D eigenvalue weighted by Gasteiger charge is 2.15. The van der Waals surface area contributed by atoms with Crippen LogP contribution in [0.2, 0.25) is 10.0 Å². The van der Waals surface area contributed by atoms with E-state index in [1.165, 1.54) is 11.3 Å². The van der Waals surface area contributed by atoms with Gasteiger partial charge in [-0.2, -0.15) is 0 Å². The molecule has 1 aromatic carbocycles. The third-order valence-corrected chi connectivity index (χ3v) is 4.87. The summed E-state index contributed by atoms with van der Waals surface area (Å²) in [5.74, 6) is -0.221. The van der Waals surface area contributed by atoms with Crippen LogP contribution in [0.4, 0.5) is 5.69 Å². The normalized spacial score (nSPS) is 10.4. The summed E-state index contributed by atoms with van der Waals surface area (Å²) in [4.78, 5) is 12.6. The molecule has 1 amide bonds. The molecular formula is C12H8BrCl2NOS. The van der Waals surface area contributed by atoms with Crippen LogP contribution < -0.4 is 5.32 Å². The number of halogens is 3. The van der Waals surface area contributed by atoms with E-state index in [4.69, 9.17) is 23.2 Å². The van der Waals surface area contributed by atoms with Crippen molar-refractivity contribution in [3.63, 3.8) is 0 Å². The first kappa shape index (κ1) is 13.9. The molecule has 0 saturated heterocycles. The van der Waals surface area contributed by atoms with Crippen molar-refractivity contribution in [2.75, 3.05) is 5.32 Å². The summed E-state index contributed by atoms with van der Waals surface area (Å²) in [7, 11) is 0. The predicted molar refractivity (Wildman–Crippen MR) is 81.2 cm³/mol. The monoisotopic (exact) mass is 363 g/mol. The molecule has 18 heavy (non-hydrogen) atoms. The molecule has 0 unspecified atom stereocenters. The molecule has 0 radical (unpaired) electrons. The van der Waals surface area contributed by atoms with Gasteiger partial charge in [-0.15, -0.1) is 11.3 Å². The molecular weight excluding hydrogens is 357 g/mol. The van der Waals surface area contributed by atoms with Crippen molar-refractivity contribution in [3.05, 3.63) is 48.5 Å². The van der Waals surface area contributed by atoms with Crippen LogP contribution in [0.5, 0.6) is 0 Å². The number of thiophene rings is 1. The number of nitrogens with one attached hydrogen (secondary N) is 1. The second-order valence-electron chi connectivity index (χ2n) is 3.64. The van der Waals surface area contributed by atoms with Crippen molar-refractivity contribution in [1.82, 2.24) is 0 Å². The van der Waals surface area contributed by atoms with Gasteiger partial charge in [-0.05, 0) is 52.0 Å². The molecule has 0 spiro atoms. The maximum absolute atomic E-state index is 12.0. The number of hydrogen-bond acceptors (Lipinski definition) is 2. The summed E-state index contributed by atoms with van der Waals surface area (Å²) in [6, 6.07) is 5.17. The number of rotatable bonds is 2. The van der Waals surface area contributed by atoms with Gasteiger partial charge in [0, 0.05) is 9.50 Å². The number of anilines is 1. The first-order chi connectivity index (χ1) is 8.49. The van der Waals surface area contributed by atoms with Crippen molar-refractivity contribution < 1.29 is 4.79 Å². The van der Waals surface area contributed by atoms with Gasteiger partial charge < -0.3 is 5.32 Å². The van der Waals surface area contributed by atoms with Crippen LogP contribution in [0, 0.1) is 6.92 Å². The highest BCUT2D eigenvalue weighted by molar-refractivity contribution is 9.10. The van der Waals surface area contributed by atoms with E-state index < -0.39 is 0 Å². The van der Waals surface area contributed by atoms with Gasteiger partial charge in [-0.3, -0.25) is 4.79 Å². The minimum Gasteiger partial charge on any atom is -0.320 e. The van der Waals surface area contributed by atoms with Crippen LogP contribution in [0.15, 0.2) is 28.1 Å². The van der Waals surface area contributed by atoms with Crippen molar-refractivity contribution in [2.45, 2.75) is 6.92 Å². The van der Waals surface area contributed by atoms with Crippen LogP contribution in [0.3, 0.4) is 0 Å². The van der Waals surface area contributed by atoms with E-state index in [1.807, 2.05) is 12.3 Å². The SMILES string of the molecule is Cc1csc(C(=O)Nc2ccc(Cl)cc2Br)c1Cl. The van der Waals surface area contributed by atoms with Gasteiger partial charge in [0.15, 0.2) is 0 Å². The standard InChI is InChI=1S/C12H8BrCl2NOS/c1-6-5-18-11(10(6)15)12(17)16-9-3-2-7(14)4-8(9)13/h2-5H,1H3,(H,16,17). The van der Waals surface area contributed by atoms with Gasteiger partial charge in [-0.1, -0.05) is 23.2 Å². The molecule has 0 bridgehead atoms. The Morgan fingerprint density at radius 3 is 2.67 bits per heavy atom. The Labute approximate surface area is 127 Å². The van der Waals surface area contributed by atoms with Crippen molar-refractivity contribution in [3.8, 4) is 0 Å². The van der Waals surface area contributed by atoms with E-state index in [-0.39, 0.29) is 5.91 Å². The van der Waals surface area contributed by atoms with E-state index in [0.717, 1.165) is 10.0 Å². The number of carbonyl (C=O) groups is 1. The number of aryl methyl sites for hydroxylation is 1. The lowest BCUT2D eigenvalue weighted by molar-refractivity contribution is 0.103. The Hall–Kier alpha value is -0.550. The van der Waals surface area contributed by atoms with Crippen molar-refractivity contribution >= 4 is 62.1 Å². The first-order valence-corrected chi connectivity index (χ1v) is 7.42. The summed E-state index contributed by atoms with van der Waals surface area (Å²) in [5, 5.41) is 5.75. The molecule has 0 aliphatic carbocycles. The fraction of sp³-hybridized carbons (Fsp3) is 0.0833. The molecule has 1 heterocycles. The molecule has 2 aromatic rings. The van der Waals surface area contributed by atoms with Gasteiger partial charge in [0.1, 0.15) is 4.88 Å². The Kier molecular flexibility index (Phi) is 4.33. The average molecular weight is 365 g/mol. The molecule has 2 rings (SSSR count). The lowest BCUT2D eigenvalue weighted by Crippen LogP contribution is -2.11. The van der Waals surface area contributed by atoms with Gasteiger partial charge in [0.05, 0.1) is 10.7 Å². The maximum atomic E-state index is 12.0. The third kappa shape index (κ3) is 2.88. The van der Waals surface area contributed by atoms with Gasteiger partial charge >= 0.3 is 0 Å². The average Bonchev–Trinajstić information content (AvgIpc) is 2.64. The summed E-state index contributed by atoms with van der Waals surface area (Å²) >= 11 is 16.6. The Bertz CT molecular complexity index is 612. The molecule has 6 heteroatoms. The zero-order valence-corrected chi connectivity index (χ0v) is 13.2. The Morgan fingerprint density at radius 1 is 1.39 bits per heavy atom. The lowest BCUT2D eigenvalue weighted by atomic mass is 10.3. The van der Waals surface area contributed by atoms with E-state index in [2.05, 4.69) is 21.2 Å². The fourth-order valence-electron chi connectivity index (χ4n) is 1.35. The summed E-state index contributed by atoms with van der Waals surface area (Å²) < 4.78 is 0.729. The van der Waals surface area contributed by atoms with E-state index in [9.17, 15) is 4.79 Å². The van der Waals surface area contributed by atoms with Crippen molar-refractivity contribution in [2.24, 2.45) is 0 Å². The smallest absolute Gasteiger partial charge is 0.267 e. The highest BCUT2D eigenvalue weighted by atomic mass is 79.9. The predicted octanol–water partition coefficient (Wildman–Crippen LogP) is 5.38. The van der Waals surface area contributed by atoms with Gasteiger partial charge in [-0.25, -0.2) is 0 Å². The molecule has 1 N–H and O–H groups in total. The van der Waals surface area contributed by atoms with Crippen LogP contribution in [-0.2, 0) is 0 Å². The zero-order chi connectivity index (χ0) is 13.3. The molecule has 0 saturated carbocycles. The Morgan fingerprint density at radius 2 is 2.11 bits per heavy atom. The van der Waals surface area contributed by atoms with Crippen LogP contribution in [0.1, 0.15) is 15.2 Å². The second-order valence-corrected chi connectivity index (χ2v) is 6.19. The minimum atomic E-state index is -0.221. The highest BCUT2D eigenvalue weighted by Crippen LogP contribution is 2.30. The minimum absolute atomic E-state index is 0.221. The molecule has 0 atom stereocenters. The largest absolute Gasteiger partial charge is 0.320 e. The fourth-order valence-corrected chi connectivity index (χ4v) is 3.31. The zero-order valence-electron chi connectivity index (χ0n) is 9.26. The molecule has 0 aliphatic rings. The molecule has 94 valence electrons. The Balaban J connectivity index is 2.24. The lowest BCUT2D eigenvalue weighted by Gasteiger charge is -2.06. The molecule has 1 aromatic heterocycles. The third-order valence-electron chi connectivity index (χ3n) is 2.28. The molecule has 2 nitrogen and oxygen atoms in total. The number of benzene rings is 1.